The zero-order valence-corrected chi connectivity index (χ0v) is 19.2. The zero-order valence-electron chi connectivity index (χ0n) is 16.7. The van der Waals surface area contributed by atoms with Crippen LogP contribution in [0.3, 0.4) is 0 Å². The van der Waals surface area contributed by atoms with Gasteiger partial charge in [-0.05, 0) is 50.0 Å². The Hall–Kier alpha value is -0.630. The van der Waals surface area contributed by atoms with Gasteiger partial charge in [0.1, 0.15) is 0 Å². The lowest BCUT2D eigenvalue weighted by Gasteiger charge is -2.28. The molecule has 28 heavy (non-hydrogen) atoms. The largest absolute Gasteiger partial charge is 0.268 e. The van der Waals surface area contributed by atoms with Crippen LogP contribution in [0.1, 0.15) is 71.1 Å². The Labute approximate surface area is 178 Å². The van der Waals surface area contributed by atoms with Crippen LogP contribution in [0.15, 0.2) is 28.6 Å². The number of para-hydroxylation sites is 1. The average Bonchev–Trinajstić information content (AvgIpc) is 3.14. The molecular formula is C21H32N2O2S3. The molecule has 0 aliphatic heterocycles. The van der Waals surface area contributed by atoms with E-state index in [9.17, 15) is 8.42 Å². The van der Waals surface area contributed by atoms with Crippen LogP contribution in [0.5, 0.6) is 0 Å². The van der Waals surface area contributed by atoms with E-state index >= 15 is 0 Å². The molecule has 0 spiro atoms. The van der Waals surface area contributed by atoms with Crippen molar-refractivity contribution >= 4 is 43.3 Å². The van der Waals surface area contributed by atoms with Crippen molar-refractivity contribution < 1.29 is 8.42 Å². The lowest BCUT2D eigenvalue weighted by atomic mass is 9.96. The minimum absolute atomic E-state index is 0.0444. The van der Waals surface area contributed by atoms with Gasteiger partial charge in [0, 0.05) is 11.3 Å². The number of hydrogen-bond acceptors (Lipinski definition) is 5. The summed E-state index contributed by atoms with van der Waals surface area (Å²) in [5.41, 5.74) is 0.752. The molecule has 1 aromatic carbocycles. The third-order valence-electron chi connectivity index (χ3n) is 5.35. The second-order valence-electron chi connectivity index (χ2n) is 7.68. The number of hydrogen-bond donors (Lipinski definition) is 1. The quantitative estimate of drug-likeness (QED) is 0.437. The van der Waals surface area contributed by atoms with Crippen LogP contribution >= 0.6 is 23.1 Å². The highest BCUT2D eigenvalue weighted by Gasteiger charge is 2.27. The molecule has 1 aromatic heterocycles. The molecule has 0 bridgehead atoms. The van der Waals surface area contributed by atoms with Gasteiger partial charge in [-0.1, -0.05) is 51.2 Å². The molecule has 0 amide bonds. The molecule has 1 saturated carbocycles. The molecule has 1 fully saturated rings. The Morgan fingerprint density at radius 2 is 1.79 bits per heavy atom. The van der Waals surface area contributed by atoms with Gasteiger partial charge in [-0.2, -0.15) is 11.8 Å². The van der Waals surface area contributed by atoms with Crippen molar-refractivity contribution in [3.8, 4) is 0 Å². The summed E-state index contributed by atoms with van der Waals surface area (Å²) in [6.07, 6.45) is 12.2. The average molecular weight is 441 g/mol. The summed E-state index contributed by atoms with van der Waals surface area (Å²) in [6.45, 7) is 2.26. The first kappa shape index (κ1) is 22.1. The van der Waals surface area contributed by atoms with Gasteiger partial charge >= 0.3 is 0 Å². The first-order valence-electron chi connectivity index (χ1n) is 10.6. The number of sulfonamides is 1. The third kappa shape index (κ3) is 6.44. The SMILES string of the molecule is CCCCCCCCSC1CCC(NS(=O)(=O)c2nc3ccccc3s2)CC1. The second kappa shape index (κ2) is 11.0. The van der Waals surface area contributed by atoms with Gasteiger partial charge in [0.15, 0.2) is 0 Å². The molecule has 1 heterocycles. The molecule has 3 rings (SSSR count). The Balaban J connectivity index is 1.39. The highest BCUT2D eigenvalue weighted by Crippen LogP contribution is 2.31. The van der Waals surface area contributed by atoms with E-state index in [-0.39, 0.29) is 10.4 Å². The van der Waals surface area contributed by atoms with E-state index in [2.05, 4.69) is 28.4 Å². The van der Waals surface area contributed by atoms with E-state index in [1.807, 2.05) is 24.3 Å². The highest BCUT2D eigenvalue weighted by molar-refractivity contribution is 7.99. The van der Waals surface area contributed by atoms with Gasteiger partial charge in [0.2, 0.25) is 4.34 Å². The van der Waals surface area contributed by atoms with Gasteiger partial charge in [-0.15, -0.1) is 11.3 Å². The van der Waals surface area contributed by atoms with Gasteiger partial charge in [-0.3, -0.25) is 0 Å². The lowest BCUT2D eigenvalue weighted by Crippen LogP contribution is -2.38. The van der Waals surface area contributed by atoms with Gasteiger partial charge in [0.25, 0.3) is 10.0 Å². The number of fused-ring (bicyclic) bond motifs is 1. The smallest absolute Gasteiger partial charge is 0.224 e. The number of nitrogens with one attached hydrogen (secondary N) is 1. The fraction of sp³-hybridized carbons (Fsp3) is 0.667. The summed E-state index contributed by atoms with van der Waals surface area (Å²) in [5.74, 6) is 1.25. The topological polar surface area (TPSA) is 59.1 Å². The van der Waals surface area contributed by atoms with Gasteiger partial charge in [0.05, 0.1) is 10.2 Å². The number of aromatic nitrogens is 1. The van der Waals surface area contributed by atoms with Crippen molar-refractivity contribution in [1.82, 2.24) is 9.71 Å². The second-order valence-corrected chi connectivity index (χ2v) is 12.0. The van der Waals surface area contributed by atoms with Gasteiger partial charge in [-0.25, -0.2) is 18.1 Å². The molecule has 1 aliphatic rings. The molecule has 7 heteroatoms. The fourth-order valence-electron chi connectivity index (χ4n) is 3.72. The van der Waals surface area contributed by atoms with E-state index in [1.165, 1.54) is 55.6 Å². The van der Waals surface area contributed by atoms with Crippen LogP contribution in [0.4, 0.5) is 0 Å². The maximum Gasteiger partial charge on any atom is 0.268 e. The third-order valence-corrected chi connectivity index (χ3v) is 9.75. The molecule has 1 N–H and O–H groups in total. The monoisotopic (exact) mass is 440 g/mol. The fourth-order valence-corrected chi connectivity index (χ4v) is 7.57. The number of thiazole rings is 1. The van der Waals surface area contributed by atoms with Crippen molar-refractivity contribution in [2.75, 3.05) is 5.75 Å². The van der Waals surface area contributed by atoms with Crippen LogP contribution in [-0.4, -0.2) is 30.4 Å². The number of thioether (sulfide) groups is 1. The van der Waals surface area contributed by atoms with Crippen LogP contribution in [-0.2, 0) is 10.0 Å². The van der Waals surface area contributed by atoms with Crippen molar-refractivity contribution in [2.24, 2.45) is 0 Å². The first-order valence-corrected chi connectivity index (χ1v) is 13.9. The van der Waals surface area contributed by atoms with Crippen molar-refractivity contribution in [1.29, 1.82) is 0 Å². The summed E-state index contributed by atoms with van der Waals surface area (Å²) in [4.78, 5) is 4.31. The van der Waals surface area contributed by atoms with Crippen LogP contribution in [0, 0.1) is 0 Å². The number of benzene rings is 1. The molecule has 4 nitrogen and oxygen atoms in total. The number of rotatable bonds is 11. The van der Waals surface area contributed by atoms with E-state index in [4.69, 9.17) is 0 Å². The highest BCUT2D eigenvalue weighted by atomic mass is 32.2. The molecule has 0 unspecified atom stereocenters. The minimum Gasteiger partial charge on any atom is -0.224 e. The molecule has 156 valence electrons. The standard InChI is InChI=1S/C21H32N2O2S3/c1-2-3-4-5-6-9-16-26-18-14-12-17(13-15-18)23-28(24,25)21-22-19-10-7-8-11-20(19)27-21/h7-8,10-11,17-18,23H,2-6,9,12-16H2,1H3. The maximum absolute atomic E-state index is 12.7. The Morgan fingerprint density at radius 1 is 1.07 bits per heavy atom. The predicted octanol–water partition coefficient (Wildman–Crippen LogP) is 5.98. The van der Waals surface area contributed by atoms with Crippen LogP contribution in [0.2, 0.25) is 0 Å². The number of nitrogens with zero attached hydrogens (tertiary/aromatic N) is 1. The summed E-state index contributed by atoms with van der Waals surface area (Å²) in [6, 6.07) is 7.61. The molecule has 1 aliphatic carbocycles. The predicted molar refractivity (Wildman–Crippen MR) is 122 cm³/mol. The number of unbranched alkanes of at least 4 members (excludes halogenated alkanes) is 5. The van der Waals surface area contributed by atoms with Crippen LogP contribution in [0.25, 0.3) is 10.2 Å². The van der Waals surface area contributed by atoms with E-state index < -0.39 is 10.0 Å². The Bertz CT molecular complexity index is 794. The van der Waals surface area contributed by atoms with E-state index in [0.29, 0.717) is 5.25 Å². The minimum atomic E-state index is -3.52. The summed E-state index contributed by atoms with van der Waals surface area (Å²) in [5, 5.41) is 0.693. The van der Waals surface area contributed by atoms with Gasteiger partial charge < -0.3 is 0 Å². The normalized spacial score (nSPS) is 20.6. The van der Waals surface area contributed by atoms with E-state index in [1.54, 1.807) is 0 Å². The molecule has 2 aromatic rings. The molecular weight excluding hydrogens is 408 g/mol. The summed E-state index contributed by atoms with van der Waals surface area (Å²) < 4.78 is 29.4. The molecule has 0 atom stereocenters. The summed E-state index contributed by atoms with van der Waals surface area (Å²) >= 11 is 3.34. The molecule has 0 radical (unpaired) electrons. The zero-order chi connectivity index (χ0) is 19.8. The van der Waals surface area contributed by atoms with Crippen molar-refractivity contribution in [2.45, 2.75) is 86.8 Å². The maximum atomic E-state index is 12.7. The Morgan fingerprint density at radius 3 is 2.54 bits per heavy atom. The van der Waals surface area contributed by atoms with Crippen LogP contribution < -0.4 is 4.72 Å². The van der Waals surface area contributed by atoms with E-state index in [0.717, 1.165) is 35.9 Å². The van der Waals surface area contributed by atoms with Crippen molar-refractivity contribution in [3.63, 3.8) is 0 Å². The lowest BCUT2D eigenvalue weighted by molar-refractivity contribution is 0.419. The summed E-state index contributed by atoms with van der Waals surface area (Å²) in [7, 11) is -3.52. The first-order chi connectivity index (χ1) is 13.6. The Kier molecular flexibility index (Phi) is 8.63. The molecule has 0 saturated heterocycles. The van der Waals surface area contributed by atoms with Crippen molar-refractivity contribution in [3.05, 3.63) is 24.3 Å².